The van der Waals surface area contributed by atoms with E-state index >= 15 is 0 Å². The number of thiazole rings is 1. The lowest BCUT2D eigenvalue weighted by molar-refractivity contribution is 0.0943. The summed E-state index contributed by atoms with van der Waals surface area (Å²) in [7, 11) is 0. The van der Waals surface area contributed by atoms with Gasteiger partial charge in [-0.2, -0.15) is 0 Å². The average Bonchev–Trinajstić information content (AvgIpc) is 2.34. The van der Waals surface area contributed by atoms with Gasteiger partial charge in [-0.1, -0.05) is 0 Å². The van der Waals surface area contributed by atoms with Crippen LogP contribution < -0.4 is 5.32 Å². The van der Waals surface area contributed by atoms with E-state index < -0.39 is 0 Å². The molecule has 3 nitrogen and oxygen atoms in total. The minimum absolute atomic E-state index is 0.0805. The van der Waals surface area contributed by atoms with Crippen LogP contribution in [0.2, 0.25) is 0 Å². The zero-order chi connectivity index (χ0) is 9.14. The standard InChI is InChI=1S/C8H12N2OS/c1-5(2)10-7(11)8-9-4-6(3)12-8/h4-5H,1-3H3,(H,10,11). The number of carbonyl (C=O) groups is 1. The molecule has 1 aromatic heterocycles. The molecule has 0 aliphatic rings. The SMILES string of the molecule is Cc1cnc(C(=O)NC(C)C)s1. The number of aryl methyl sites for hydroxylation is 1. The topological polar surface area (TPSA) is 42.0 Å². The second kappa shape index (κ2) is 3.67. The van der Waals surface area contributed by atoms with Gasteiger partial charge >= 0.3 is 0 Å². The number of rotatable bonds is 2. The van der Waals surface area contributed by atoms with E-state index in [0.29, 0.717) is 5.01 Å². The van der Waals surface area contributed by atoms with Crippen molar-refractivity contribution < 1.29 is 4.79 Å². The molecule has 0 saturated heterocycles. The number of amides is 1. The zero-order valence-corrected chi connectivity index (χ0v) is 8.23. The van der Waals surface area contributed by atoms with Crippen LogP contribution in [0, 0.1) is 6.92 Å². The van der Waals surface area contributed by atoms with Crippen molar-refractivity contribution in [2.75, 3.05) is 0 Å². The largest absolute Gasteiger partial charge is 0.348 e. The fourth-order valence-electron chi connectivity index (χ4n) is 0.784. The molecule has 66 valence electrons. The first-order valence-electron chi connectivity index (χ1n) is 3.83. The molecule has 0 aliphatic carbocycles. The third-order valence-electron chi connectivity index (χ3n) is 1.24. The van der Waals surface area contributed by atoms with Crippen LogP contribution in [0.15, 0.2) is 6.20 Å². The molecular formula is C8H12N2OS. The van der Waals surface area contributed by atoms with Crippen LogP contribution in [0.5, 0.6) is 0 Å². The minimum Gasteiger partial charge on any atom is -0.348 e. The first kappa shape index (κ1) is 9.19. The van der Waals surface area contributed by atoms with Gasteiger partial charge in [-0.25, -0.2) is 4.98 Å². The normalized spacial score (nSPS) is 10.3. The van der Waals surface area contributed by atoms with Crippen molar-refractivity contribution in [3.05, 3.63) is 16.1 Å². The highest BCUT2D eigenvalue weighted by Gasteiger charge is 2.09. The summed E-state index contributed by atoms with van der Waals surface area (Å²) in [5, 5.41) is 3.32. The van der Waals surface area contributed by atoms with Crippen molar-refractivity contribution in [2.24, 2.45) is 0 Å². The molecule has 0 saturated carbocycles. The molecule has 1 amide bonds. The molecule has 1 heterocycles. The number of aromatic nitrogens is 1. The van der Waals surface area contributed by atoms with Crippen molar-refractivity contribution in [1.29, 1.82) is 0 Å². The number of carbonyl (C=O) groups excluding carboxylic acids is 1. The highest BCUT2D eigenvalue weighted by Crippen LogP contribution is 2.10. The summed E-state index contributed by atoms with van der Waals surface area (Å²) in [5.74, 6) is -0.0805. The molecule has 1 N–H and O–H groups in total. The van der Waals surface area contributed by atoms with Crippen molar-refractivity contribution >= 4 is 17.2 Å². The van der Waals surface area contributed by atoms with Crippen molar-refractivity contribution in [2.45, 2.75) is 26.8 Å². The summed E-state index contributed by atoms with van der Waals surface area (Å²) in [6.07, 6.45) is 1.71. The van der Waals surface area contributed by atoms with Gasteiger partial charge in [0, 0.05) is 17.1 Å². The Hall–Kier alpha value is -0.900. The lowest BCUT2D eigenvalue weighted by Gasteiger charge is -2.04. The van der Waals surface area contributed by atoms with E-state index in [1.165, 1.54) is 11.3 Å². The Morgan fingerprint density at radius 2 is 2.33 bits per heavy atom. The molecular weight excluding hydrogens is 172 g/mol. The summed E-state index contributed by atoms with van der Waals surface area (Å²) in [4.78, 5) is 16.3. The fourth-order valence-corrected chi connectivity index (χ4v) is 1.45. The Morgan fingerprint density at radius 1 is 1.67 bits per heavy atom. The molecule has 0 fully saturated rings. The molecule has 0 atom stereocenters. The fraction of sp³-hybridized carbons (Fsp3) is 0.500. The van der Waals surface area contributed by atoms with Crippen molar-refractivity contribution in [1.82, 2.24) is 10.3 Å². The monoisotopic (exact) mass is 184 g/mol. The first-order chi connectivity index (χ1) is 5.59. The van der Waals surface area contributed by atoms with Gasteiger partial charge < -0.3 is 5.32 Å². The van der Waals surface area contributed by atoms with Crippen LogP contribution in [-0.2, 0) is 0 Å². The summed E-state index contributed by atoms with van der Waals surface area (Å²) in [5.41, 5.74) is 0. The van der Waals surface area contributed by atoms with Crippen LogP contribution in [0.25, 0.3) is 0 Å². The highest BCUT2D eigenvalue weighted by molar-refractivity contribution is 7.13. The average molecular weight is 184 g/mol. The lowest BCUT2D eigenvalue weighted by Crippen LogP contribution is -2.29. The molecule has 1 aromatic rings. The summed E-state index contributed by atoms with van der Waals surface area (Å²) in [6.45, 7) is 5.79. The Kier molecular flexibility index (Phi) is 2.81. The van der Waals surface area contributed by atoms with Gasteiger partial charge in [0.15, 0.2) is 5.01 Å². The lowest BCUT2D eigenvalue weighted by atomic mass is 10.4. The van der Waals surface area contributed by atoms with Gasteiger partial charge in [-0.05, 0) is 20.8 Å². The first-order valence-corrected chi connectivity index (χ1v) is 4.64. The maximum Gasteiger partial charge on any atom is 0.280 e. The predicted molar refractivity (Wildman–Crippen MR) is 49.5 cm³/mol. The predicted octanol–water partition coefficient (Wildman–Crippen LogP) is 1.59. The van der Waals surface area contributed by atoms with Crippen LogP contribution in [0.4, 0.5) is 0 Å². The van der Waals surface area contributed by atoms with E-state index in [2.05, 4.69) is 10.3 Å². The van der Waals surface area contributed by atoms with E-state index in [9.17, 15) is 4.79 Å². The number of nitrogens with one attached hydrogen (secondary N) is 1. The molecule has 1 rings (SSSR count). The molecule has 0 aliphatic heterocycles. The van der Waals surface area contributed by atoms with E-state index in [1.54, 1.807) is 6.20 Å². The summed E-state index contributed by atoms with van der Waals surface area (Å²) in [6, 6.07) is 0.168. The minimum atomic E-state index is -0.0805. The smallest absolute Gasteiger partial charge is 0.280 e. The molecule has 4 heteroatoms. The molecule has 0 unspecified atom stereocenters. The number of hydrogen-bond acceptors (Lipinski definition) is 3. The number of hydrogen-bond donors (Lipinski definition) is 1. The van der Waals surface area contributed by atoms with Gasteiger partial charge in [-0.15, -0.1) is 11.3 Å². The van der Waals surface area contributed by atoms with Crippen molar-refractivity contribution in [3.63, 3.8) is 0 Å². The Labute approximate surface area is 75.8 Å². The van der Waals surface area contributed by atoms with Gasteiger partial charge in [0.2, 0.25) is 0 Å². The highest BCUT2D eigenvalue weighted by atomic mass is 32.1. The zero-order valence-electron chi connectivity index (χ0n) is 7.42. The summed E-state index contributed by atoms with van der Waals surface area (Å²) >= 11 is 1.41. The molecule has 0 bridgehead atoms. The Bertz CT molecular complexity index is 280. The van der Waals surface area contributed by atoms with Gasteiger partial charge in [0.25, 0.3) is 5.91 Å². The van der Waals surface area contributed by atoms with Gasteiger partial charge in [-0.3, -0.25) is 4.79 Å². The number of nitrogens with zero attached hydrogens (tertiary/aromatic N) is 1. The summed E-state index contributed by atoms with van der Waals surface area (Å²) < 4.78 is 0. The van der Waals surface area contributed by atoms with Crippen LogP contribution >= 0.6 is 11.3 Å². The third-order valence-corrected chi connectivity index (χ3v) is 2.15. The second-order valence-electron chi connectivity index (χ2n) is 2.90. The van der Waals surface area contributed by atoms with E-state index in [4.69, 9.17) is 0 Å². The molecule has 0 spiro atoms. The maximum absolute atomic E-state index is 11.3. The van der Waals surface area contributed by atoms with Crippen molar-refractivity contribution in [3.8, 4) is 0 Å². The maximum atomic E-state index is 11.3. The Morgan fingerprint density at radius 3 is 2.75 bits per heavy atom. The second-order valence-corrected chi connectivity index (χ2v) is 4.14. The molecule has 0 radical (unpaired) electrons. The van der Waals surface area contributed by atoms with Crippen LogP contribution in [0.1, 0.15) is 28.5 Å². The van der Waals surface area contributed by atoms with Crippen LogP contribution in [0.3, 0.4) is 0 Å². The molecule has 0 aromatic carbocycles. The van der Waals surface area contributed by atoms with E-state index in [0.717, 1.165) is 4.88 Å². The molecule has 12 heavy (non-hydrogen) atoms. The Balaban J connectivity index is 2.65. The van der Waals surface area contributed by atoms with E-state index in [1.807, 2.05) is 20.8 Å². The van der Waals surface area contributed by atoms with E-state index in [-0.39, 0.29) is 11.9 Å². The quantitative estimate of drug-likeness (QED) is 0.758. The van der Waals surface area contributed by atoms with Gasteiger partial charge in [0.05, 0.1) is 0 Å². The van der Waals surface area contributed by atoms with Crippen LogP contribution in [-0.4, -0.2) is 16.9 Å². The van der Waals surface area contributed by atoms with Gasteiger partial charge in [0.1, 0.15) is 0 Å². The third kappa shape index (κ3) is 2.30.